The van der Waals surface area contributed by atoms with Crippen LogP contribution in [0, 0.1) is 5.41 Å². The number of ketones is 1. The van der Waals surface area contributed by atoms with Gasteiger partial charge in [-0.25, -0.2) is 0 Å². The predicted octanol–water partition coefficient (Wildman–Crippen LogP) is 3.32. The molecule has 24 heavy (non-hydrogen) atoms. The summed E-state index contributed by atoms with van der Waals surface area (Å²) in [4.78, 5) is 26.1. The number of Topliss-reactive ketones (excluding diaryl/α,β-unsaturated/α-hetero) is 1. The van der Waals surface area contributed by atoms with E-state index in [1.807, 2.05) is 36.4 Å². The summed E-state index contributed by atoms with van der Waals surface area (Å²) in [7, 11) is 1.37. The minimum absolute atomic E-state index is 0.0491. The number of aryl methyl sites for hydroxylation is 1. The van der Waals surface area contributed by atoms with E-state index in [-0.39, 0.29) is 5.78 Å². The van der Waals surface area contributed by atoms with Gasteiger partial charge >= 0.3 is 5.97 Å². The summed E-state index contributed by atoms with van der Waals surface area (Å²) < 4.78 is 5.07. The van der Waals surface area contributed by atoms with Gasteiger partial charge in [0.1, 0.15) is 5.41 Å². The van der Waals surface area contributed by atoms with E-state index in [0.29, 0.717) is 12.8 Å². The molecule has 0 unspecified atom stereocenters. The molecule has 0 radical (unpaired) electrons. The Labute approximate surface area is 141 Å². The normalized spacial score (nSPS) is 21.5. The van der Waals surface area contributed by atoms with E-state index in [9.17, 15) is 9.59 Å². The zero-order chi connectivity index (χ0) is 16.7. The van der Waals surface area contributed by atoms with Crippen molar-refractivity contribution >= 4 is 11.8 Å². The fourth-order valence-electron chi connectivity index (χ4n) is 4.31. The first-order chi connectivity index (χ1) is 11.7. The second kappa shape index (κ2) is 5.59. The summed E-state index contributed by atoms with van der Waals surface area (Å²) in [5.74, 6) is -0.466. The fourth-order valence-corrected chi connectivity index (χ4v) is 4.31. The van der Waals surface area contributed by atoms with Crippen LogP contribution in [0.3, 0.4) is 0 Å². The van der Waals surface area contributed by atoms with Crippen LogP contribution in [0.1, 0.15) is 39.0 Å². The molecule has 1 atom stereocenters. The lowest BCUT2D eigenvalue weighted by Gasteiger charge is -2.24. The molecule has 0 saturated heterocycles. The van der Waals surface area contributed by atoms with Crippen LogP contribution in [0.15, 0.2) is 42.5 Å². The van der Waals surface area contributed by atoms with Gasteiger partial charge in [-0.15, -0.1) is 0 Å². The summed E-state index contributed by atoms with van der Waals surface area (Å²) in [6.45, 7) is 0. The molecule has 0 saturated carbocycles. The highest BCUT2D eigenvalue weighted by atomic mass is 16.5. The molecule has 0 bridgehead atoms. The topological polar surface area (TPSA) is 43.4 Å². The highest BCUT2D eigenvalue weighted by Crippen LogP contribution is 2.44. The quantitative estimate of drug-likeness (QED) is 0.644. The molecule has 0 aliphatic heterocycles. The molecule has 0 heterocycles. The average Bonchev–Trinajstić information content (AvgIpc) is 3.18. The second-order valence-electron chi connectivity index (χ2n) is 6.83. The molecule has 3 heteroatoms. The van der Waals surface area contributed by atoms with Crippen LogP contribution in [0.5, 0.6) is 0 Å². The number of hydrogen-bond donors (Lipinski definition) is 0. The molecular formula is C21H20O3. The van der Waals surface area contributed by atoms with E-state index in [1.54, 1.807) is 0 Å². The standard InChI is InChI=1S/C21H20O3/c1-24-20(23)21(12-14-6-3-2-4-7-14)13-16-11-10-15-8-5-9-17(15)18(16)19(21)22/h2-4,6-7,10-11H,5,8-9,12-13H2,1H3/t21-/m0/s1. The summed E-state index contributed by atoms with van der Waals surface area (Å²) in [5.41, 5.74) is 4.10. The monoisotopic (exact) mass is 320 g/mol. The molecule has 2 aromatic carbocycles. The highest BCUT2D eigenvalue weighted by molar-refractivity contribution is 6.17. The fraction of sp³-hybridized carbons (Fsp3) is 0.333. The third-order valence-corrected chi connectivity index (χ3v) is 5.45. The molecule has 0 fully saturated rings. The van der Waals surface area contributed by atoms with E-state index in [4.69, 9.17) is 4.74 Å². The number of hydrogen-bond acceptors (Lipinski definition) is 3. The van der Waals surface area contributed by atoms with Crippen LogP contribution in [0.2, 0.25) is 0 Å². The third kappa shape index (κ3) is 2.11. The summed E-state index contributed by atoms with van der Waals surface area (Å²) in [5, 5.41) is 0. The van der Waals surface area contributed by atoms with Crippen molar-refractivity contribution in [2.45, 2.75) is 32.1 Å². The molecular weight excluding hydrogens is 300 g/mol. The molecule has 4 rings (SSSR count). The first-order valence-electron chi connectivity index (χ1n) is 8.46. The maximum Gasteiger partial charge on any atom is 0.320 e. The Balaban J connectivity index is 1.82. The van der Waals surface area contributed by atoms with E-state index >= 15 is 0 Å². The van der Waals surface area contributed by atoms with Crippen molar-refractivity contribution in [3.8, 4) is 0 Å². The lowest BCUT2D eigenvalue weighted by atomic mass is 9.77. The Hall–Kier alpha value is -2.42. The van der Waals surface area contributed by atoms with Crippen molar-refractivity contribution in [3.63, 3.8) is 0 Å². The van der Waals surface area contributed by atoms with Crippen molar-refractivity contribution in [1.29, 1.82) is 0 Å². The van der Waals surface area contributed by atoms with Crippen LogP contribution < -0.4 is 0 Å². The second-order valence-corrected chi connectivity index (χ2v) is 6.83. The van der Waals surface area contributed by atoms with E-state index < -0.39 is 11.4 Å². The lowest BCUT2D eigenvalue weighted by Crippen LogP contribution is -2.40. The summed E-state index contributed by atoms with van der Waals surface area (Å²) >= 11 is 0. The summed E-state index contributed by atoms with van der Waals surface area (Å²) in [6.07, 6.45) is 3.88. The van der Waals surface area contributed by atoms with Crippen molar-refractivity contribution in [2.75, 3.05) is 7.11 Å². The van der Waals surface area contributed by atoms with Crippen molar-refractivity contribution in [1.82, 2.24) is 0 Å². The van der Waals surface area contributed by atoms with E-state index in [1.165, 1.54) is 12.7 Å². The number of ether oxygens (including phenoxy) is 1. The first-order valence-corrected chi connectivity index (χ1v) is 8.46. The van der Waals surface area contributed by atoms with Gasteiger partial charge in [-0.3, -0.25) is 9.59 Å². The highest BCUT2D eigenvalue weighted by Gasteiger charge is 2.53. The molecule has 0 aromatic heterocycles. The van der Waals surface area contributed by atoms with Gasteiger partial charge < -0.3 is 4.74 Å². The van der Waals surface area contributed by atoms with Crippen molar-refractivity contribution < 1.29 is 14.3 Å². The minimum atomic E-state index is -1.11. The Kier molecular flexibility index (Phi) is 3.52. The SMILES string of the molecule is COC(=O)[C@@]1(Cc2ccccc2)Cc2ccc3c(c2C1=O)CCC3. The average molecular weight is 320 g/mol. The van der Waals surface area contributed by atoms with Gasteiger partial charge in [0.05, 0.1) is 7.11 Å². The number of methoxy groups -OCH3 is 1. The molecule has 0 amide bonds. The Morgan fingerprint density at radius 3 is 2.58 bits per heavy atom. The largest absolute Gasteiger partial charge is 0.468 e. The molecule has 0 N–H and O–H groups in total. The molecule has 2 aromatic rings. The van der Waals surface area contributed by atoms with Crippen LogP contribution in [-0.2, 0) is 35.2 Å². The van der Waals surface area contributed by atoms with Gasteiger partial charge in [-0.05, 0) is 54.4 Å². The number of benzene rings is 2. The maximum atomic E-state index is 13.4. The number of rotatable bonds is 3. The smallest absolute Gasteiger partial charge is 0.320 e. The lowest BCUT2D eigenvalue weighted by molar-refractivity contribution is -0.149. The molecule has 122 valence electrons. The first kappa shape index (κ1) is 15.1. The Morgan fingerprint density at radius 2 is 1.83 bits per heavy atom. The van der Waals surface area contributed by atoms with Crippen LogP contribution in [0.4, 0.5) is 0 Å². The molecule has 0 spiro atoms. The van der Waals surface area contributed by atoms with Crippen LogP contribution in [0.25, 0.3) is 0 Å². The van der Waals surface area contributed by atoms with Crippen LogP contribution >= 0.6 is 0 Å². The van der Waals surface area contributed by atoms with Gasteiger partial charge in [0, 0.05) is 5.56 Å². The molecule has 3 nitrogen and oxygen atoms in total. The van der Waals surface area contributed by atoms with Gasteiger partial charge in [-0.1, -0.05) is 42.5 Å². The van der Waals surface area contributed by atoms with Crippen LogP contribution in [-0.4, -0.2) is 18.9 Å². The maximum absolute atomic E-state index is 13.4. The molecule has 2 aliphatic rings. The number of carbonyl (C=O) groups excluding carboxylic acids is 2. The van der Waals surface area contributed by atoms with E-state index in [2.05, 4.69) is 6.07 Å². The minimum Gasteiger partial charge on any atom is -0.468 e. The predicted molar refractivity (Wildman–Crippen MR) is 91.1 cm³/mol. The number of esters is 1. The van der Waals surface area contributed by atoms with E-state index in [0.717, 1.165) is 41.5 Å². The van der Waals surface area contributed by atoms with Crippen molar-refractivity contribution in [2.24, 2.45) is 5.41 Å². The van der Waals surface area contributed by atoms with Gasteiger partial charge in [0.25, 0.3) is 0 Å². The zero-order valence-electron chi connectivity index (χ0n) is 13.8. The Morgan fingerprint density at radius 1 is 1.08 bits per heavy atom. The summed E-state index contributed by atoms with van der Waals surface area (Å²) in [6, 6.07) is 13.9. The van der Waals surface area contributed by atoms with Gasteiger partial charge in [0.15, 0.2) is 5.78 Å². The zero-order valence-corrected chi connectivity index (χ0v) is 13.8. The Bertz CT molecular complexity index is 822. The number of carbonyl (C=O) groups is 2. The van der Waals surface area contributed by atoms with Gasteiger partial charge in [0.2, 0.25) is 0 Å². The third-order valence-electron chi connectivity index (χ3n) is 5.45. The van der Waals surface area contributed by atoms with Crippen molar-refractivity contribution in [3.05, 3.63) is 70.3 Å². The van der Waals surface area contributed by atoms with Gasteiger partial charge in [-0.2, -0.15) is 0 Å². The number of fused-ring (bicyclic) bond motifs is 3. The molecule has 2 aliphatic carbocycles.